The quantitative estimate of drug-likeness (QED) is 0.517. The highest BCUT2D eigenvalue weighted by atomic mass is 14.2. The summed E-state index contributed by atoms with van der Waals surface area (Å²) >= 11 is 0. The molecular formula is C17H28. The first-order valence-electron chi connectivity index (χ1n) is 6.98. The Morgan fingerprint density at radius 2 is 1.88 bits per heavy atom. The molecule has 0 saturated carbocycles. The highest BCUT2D eigenvalue weighted by Crippen LogP contribution is 2.30. The average Bonchev–Trinajstić information content (AvgIpc) is 2.62. The van der Waals surface area contributed by atoms with Crippen LogP contribution >= 0.6 is 0 Å². The average molecular weight is 232 g/mol. The zero-order valence-corrected chi connectivity index (χ0v) is 12.1. The Kier molecular flexibility index (Phi) is 5.24. The predicted octanol–water partition coefficient (Wildman–Crippen LogP) is 5.67. The van der Waals surface area contributed by atoms with Crippen molar-refractivity contribution in [2.24, 2.45) is 11.3 Å². The van der Waals surface area contributed by atoms with Crippen molar-refractivity contribution in [3.63, 3.8) is 0 Å². The molecule has 0 nitrogen and oxygen atoms in total. The van der Waals surface area contributed by atoms with Crippen LogP contribution in [0.4, 0.5) is 0 Å². The maximum atomic E-state index is 4.04. The van der Waals surface area contributed by atoms with Gasteiger partial charge in [0.05, 0.1) is 0 Å². The van der Waals surface area contributed by atoms with Crippen LogP contribution in [0.3, 0.4) is 0 Å². The van der Waals surface area contributed by atoms with Crippen LogP contribution in [-0.2, 0) is 0 Å². The van der Waals surface area contributed by atoms with E-state index in [9.17, 15) is 0 Å². The van der Waals surface area contributed by atoms with Gasteiger partial charge in [0.15, 0.2) is 0 Å². The zero-order chi connectivity index (χ0) is 12.9. The molecule has 0 aromatic carbocycles. The van der Waals surface area contributed by atoms with Crippen LogP contribution in [-0.4, -0.2) is 0 Å². The van der Waals surface area contributed by atoms with Crippen molar-refractivity contribution in [3.8, 4) is 0 Å². The van der Waals surface area contributed by atoms with E-state index in [1.54, 1.807) is 0 Å². The summed E-state index contributed by atoms with van der Waals surface area (Å²) in [6, 6.07) is 0. The van der Waals surface area contributed by atoms with Gasteiger partial charge in [-0.15, -0.1) is 0 Å². The van der Waals surface area contributed by atoms with E-state index in [0.717, 1.165) is 5.92 Å². The molecule has 0 radical (unpaired) electrons. The number of allylic oxidation sites excluding steroid dienone is 5. The molecular weight excluding hydrogens is 204 g/mol. The van der Waals surface area contributed by atoms with Crippen molar-refractivity contribution in [1.29, 1.82) is 0 Å². The SMILES string of the molecule is C=C1C=CC=C1CCCCCC(C)C(C)(C)C. The highest BCUT2D eigenvalue weighted by Gasteiger charge is 2.18. The third kappa shape index (κ3) is 4.93. The summed E-state index contributed by atoms with van der Waals surface area (Å²) in [5.41, 5.74) is 3.12. The van der Waals surface area contributed by atoms with Gasteiger partial charge in [-0.2, -0.15) is 0 Å². The van der Waals surface area contributed by atoms with E-state index in [0.29, 0.717) is 5.41 Å². The number of hydrogen-bond donors (Lipinski definition) is 0. The van der Waals surface area contributed by atoms with Crippen LogP contribution < -0.4 is 0 Å². The Bertz CT molecular complexity index is 309. The minimum Gasteiger partial charge on any atom is -0.0915 e. The monoisotopic (exact) mass is 232 g/mol. The molecule has 96 valence electrons. The van der Waals surface area contributed by atoms with Gasteiger partial charge in [0.2, 0.25) is 0 Å². The summed E-state index contributed by atoms with van der Waals surface area (Å²) in [4.78, 5) is 0. The van der Waals surface area contributed by atoms with Crippen LogP contribution in [0.1, 0.15) is 59.8 Å². The number of unbranched alkanes of at least 4 members (excludes halogenated alkanes) is 2. The molecule has 0 fully saturated rings. The van der Waals surface area contributed by atoms with Gasteiger partial charge in [-0.05, 0) is 35.3 Å². The van der Waals surface area contributed by atoms with E-state index < -0.39 is 0 Å². The van der Waals surface area contributed by atoms with E-state index in [2.05, 4.69) is 52.5 Å². The van der Waals surface area contributed by atoms with Gasteiger partial charge < -0.3 is 0 Å². The zero-order valence-electron chi connectivity index (χ0n) is 12.1. The van der Waals surface area contributed by atoms with Crippen molar-refractivity contribution < 1.29 is 0 Å². The molecule has 17 heavy (non-hydrogen) atoms. The summed E-state index contributed by atoms with van der Waals surface area (Å²) in [5.74, 6) is 0.824. The lowest BCUT2D eigenvalue weighted by Gasteiger charge is -2.27. The second-order valence-electron chi connectivity index (χ2n) is 6.44. The molecule has 0 spiro atoms. The van der Waals surface area contributed by atoms with Crippen LogP contribution in [0.15, 0.2) is 36.0 Å². The van der Waals surface area contributed by atoms with Crippen molar-refractivity contribution >= 4 is 0 Å². The van der Waals surface area contributed by atoms with Crippen molar-refractivity contribution in [1.82, 2.24) is 0 Å². The van der Waals surface area contributed by atoms with Crippen LogP contribution in [0.25, 0.3) is 0 Å². The van der Waals surface area contributed by atoms with Gasteiger partial charge in [-0.1, -0.05) is 71.8 Å². The molecule has 1 unspecified atom stereocenters. The Morgan fingerprint density at radius 3 is 2.41 bits per heavy atom. The molecule has 0 N–H and O–H groups in total. The van der Waals surface area contributed by atoms with Gasteiger partial charge in [0, 0.05) is 0 Å². The molecule has 1 aliphatic rings. The summed E-state index contributed by atoms with van der Waals surface area (Å²) in [6.07, 6.45) is 13.0. The largest absolute Gasteiger partial charge is 0.0915 e. The van der Waals surface area contributed by atoms with Gasteiger partial charge in [-0.25, -0.2) is 0 Å². The summed E-state index contributed by atoms with van der Waals surface area (Å²) < 4.78 is 0. The fourth-order valence-electron chi connectivity index (χ4n) is 2.11. The second-order valence-corrected chi connectivity index (χ2v) is 6.44. The molecule has 0 bridgehead atoms. The summed E-state index contributed by atoms with van der Waals surface area (Å²) in [7, 11) is 0. The van der Waals surface area contributed by atoms with Crippen LogP contribution in [0.2, 0.25) is 0 Å². The van der Waals surface area contributed by atoms with Crippen LogP contribution in [0, 0.1) is 11.3 Å². The molecule has 0 heteroatoms. The molecule has 0 aromatic rings. The summed E-state index contributed by atoms with van der Waals surface area (Å²) in [6.45, 7) is 13.5. The number of rotatable bonds is 6. The minimum atomic E-state index is 0.464. The Morgan fingerprint density at radius 1 is 1.18 bits per heavy atom. The Hall–Kier alpha value is -0.780. The first kappa shape index (κ1) is 14.3. The lowest BCUT2D eigenvalue weighted by molar-refractivity contribution is 0.241. The molecule has 1 aliphatic carbocycles. The number of hydrogen-bond acceptors (Lipinski definition) is 0. The first-order chi connectivity index (χ1) is 7.91. The van der Waals surface area contributed by atoms with Gasteiger partial charge in [0.1, 0.15) is 0 Å². The highest BCUT2D eigenvalue weighted by molar-refractivity contribution is 5.46. The lowest BCUT2D eigenvalue weighted by Crippen LogP contribution is -2.16. The molecule has 0 heterocycles. The minimum absolute atomic E-state index is 0.464. The molecule has 0 amide bonds. The van der Waals surface area contributed by atoms with Crippen molar-refractivity contribution in [2.45, 2.75) is 59.8 Å². The van der Waals surface area contributed by atoms with Crippen LogP contribution in [0.5, 0.6) is 0 Å². The van der Waals surface area contributed by atoms with Gasteiger partial charge in [0.25, 0.3) is 0 Å². The van der Waals surface area contributed by atoms with Crippen molar-refractivity contribution in [3.05, 3.63) is 36.0 Å². The lowest BCUT2D eigenvalue weighted by atomic mass is 9.79. The predicted molar refractivity (Wildman–Crippen MR) is 78.1 cm³/mol. The molecule has 0 aliphatic heterocycles. The maximum Gasteiger partial charge on any atom is -0.0273 e. The smallest absolute Gasteiger partial charge is 0.0273 e. The molecule has 0 saturated heterocycles. The van der Waals surface area contributed by atoms with E-state index in [-0.39, 0.29) is 0 Å². The van der Waals surface area contributed by atoms with E-state index in [1.807, 2.05) is 0 Å². The Balaban J connectivity index is 2.08. The molecule has 1 atom stereocenters. The standard InChI is InChI=1S/C17H28/c1-14-10-9-13-16(14)12-8-6-7-11-15(2)17(3,4)5/h9-10,13,15H,1,6-8,11-12H2,2-5H3. The fourth-order valence-corrected chi connectivity index (χ4v) is 2.11. The Labute approximate surface area is 108 Å². The fraction of sp³-hybridized carbons (Fsp3) is 0.647. The van der Waals surface area contributed by atoms with Gasteiger partial charge in [-0.3, -0.25) is 0 Å². The van der Waals surface area contributed by atoms with Gasteiger partial charge >= 0.3 is 0 Å². The molecule has 1 rings (SSSR count). The van der Waals surface area contributed by atoms with Crippen molar-refractivity contribution in [2.75, 3.05) is 0 Å². The third-order valence-electron chi connectivity index (χ3n) is 4.07. The molecule has 0 aromatic heterocycles. The van der Waals surface area contributed by atoms with E-state index in [1.165, 1.54) is 43.3 Å². The third-order valence-corrected chi connectivity index (χ3v) is 4.07. The maximum absolute atomic E-state index is 4.04. The topological polar surface area (TPSA) is 0 Å². The normalized spacial score (nSPS) is 17.4. The second kappa shape index (κ2) is 6.23. The summed E-state index contributed by atoms with van der Waals surface area (Å²) in [5, 5.41) is 0. The van der Waals surface area contributed by atoms with E-state index >= 15 is 0 Å². The van der Waals surface area contributed by atoms with E-state index in [4.69, 9.17) is 0 Å². The first-order valence-corrected chi connectivity index (χ1v) is 6.98.